The van der Waals surface area contributed by atoms with Crippen LogP contribution in [0, 0.1) is 12.7 Å². The number of amides is 1. The Kier molecular flexibility index (Phi) is 6.65. The lowest BCUT2D eigenvalue weighted by Crippen LogP contribution is -2.36. The summed E-state index contributed by atoms with van der Waals surface area (Å²) in [4.78, 5) is 20.5. The highest BCUT2D eigenvalue weighted by Gasteiger charge is 2.29. The molecule has 1 aliphatic rings. The van der Waals surface area contributed by atoms with Crippen molar-refractivity contribution in [2.75, 3.05) is 24.5 Å². The number of hydrogen-bond acceptors (Lipinski definition) is 5. The van der Waals surface area contributed by atoms with Gasteiger partial charge in [0.15, 0.2) is 0 Å². The first-order chi connectivity index (χ1) is 15.8. The molecule has 174 valence electrons. The summed E-state index contributed by atoms with van der Waals surface area (Å²) in [5.41, 5.74) is 2.97. The minimum atomic E-state index is -3.57. The molecule has 33 heavy (non-hydrogen) atoms. The second-order valence-corrected chi connectivity index (χ2v) is 10.8. The molecule has 1 aliphatic heterocycles. The molecule has 0 saturated heterocycles. The van der Waals surface area contributed by atoms with Gasteiger partial charge in [-0.3, -0.25) is 4.79 Å². The maximum atomic E-state index is 13.5. The summed E-state index contributed by atoms with van der Waals surface area (Å²) in [7, 11) is -3.57. The molecule has 4 rings (SSSR count). The van der Waals surface area contributed by atoms with E-state index >= 15 is 0 Å². The first-order valence-corrected chi connectivity index (χ1v) is 13.2. The number of halogens is 1. The second kappa shape index (κ2) is 9.32. The van der Waals surface area contributed by atoms with E-state index in [1.807, 2.05) is 13.8 Å². The van der Waals surface area contributed by atoms with Crippen molar-refractivity contribution < 1.29 is 17.6 Å². The number of carbonyl (C=O) groups excluding carboxylic acids is 1. The highest BCUT2D eigenvalue weighted by atomic mass is 32.2. The summed E-state index contributed by atoms with van der Waals surface area (Å²) in [6, 6.07) is 11.1. The number of sulfonamides is 1. The Balaban J connectivity index is 1.66. The summed E-state index contributed by atoms with van der Waals surface area (Å²) in [6.45, 7) is 6.79. The Morgan fingerprint density at radius 3 is 2.52 bits per heavy atom. The third-order valence-electron chi connectivity index (χ3n) is 5.84. The lowest BCUT2D eigenvalue weighted by Gasteiger charge is -2.30. The Morgan fingerprint density at radius 1 is 1.15 bits per heavy atom. The molecule has 0 N–H and O–H groups in total. The minimum absolute atomic E-state index is 0.154. The fraction of sp³-hybridized carbons (Fsp3) is 0.333. The van der Waals surface area contributed by atoms with Gasteiger partial charge in [-0.2, -0.15) is 4.31 Å². The van der Waals surface area contributed by atoms with Crippen molar-refractivity contribution in [1.82, 2.24) is 9.29 Å². The molecule has 6 nitrogen and oxygen atoms in total. The standard InChI is InChI=1S/C24H26FN3O3S2/c1-4-27(5-2)33(30,31)20-12-13-21-18(15-20)7-6-14-28(21)24(29)22-16(3)26-23(32-22)17-8-10-19(25)11-9-17/h8-13,15H,4-7,14H2,1-3H3. The van der Waals surface area contributed by atoms with Crippen LogP contribution in [0.4, 0.5) is 10.1 Å². The van der Waals surface area contributed by atoms with Crippen LogP contribution in [-0.4, -0.2) is 43.2 Å². The predicted octanol–water partition coefficient (Wildman–Crippen LogP) is 4.88. The number of rotatable bonds is 6. The number of aromatic nitrogens is 1. The van der Waals surface area contributed by atoms with Crippen molar-refractivity contribution in [1.29, 1.82) is 0 Å². The molecule has 1 amide bonds. The number of anilines is 1. The van der Waals surface area contributed by atoms with Gasteiger partial charge in [-0.05, 0) is 67.8 Å². The van der Waals surface area contributed by atoms with Crippen LogP contribution in [0.3, 0.4) is 0 Å². The fourth-order valence-corrected chi connectivity index (χ4v) is 6.62. The highest BCUT2D eigenvalue weighted by Crippen LogP contribution is 2.34. The van der Waals surface area contributed by atoms with Crippen LogP contribution in [-0.2, 0) is 16.4 Å². The lowest BCUT2D eigenvalue weighted by molar-refractivity contribution is 0.0988. The zero-order chi connectivity index (χ0) is 23.8. The molecule has 0 saturated carbocycles. The zero-order valence-corrected chi connectivity index (χ0v) is 20.5. The van der Waals surface area contributed by atoms with Crippen molar-refractivity contribution in [3.8, 4) is 10.6 Å². The first-order valence-electron chi connectivity index (χ1n) is 10.9. The van der Waals surface area contributed by atoms with E-state index < -0.39 is 10.0 Å². The van der Waals surface area contributed by atoms with Gasteiger partial charge in [0.1, 0.15) is 15.7 Å². The average Bonchev–Trinajstić information content (AvgIpc) is 3.20. The molecular weight excluding hydrogens is 461 g/mol. The molecule has 2 heterocycles. The lowest BCUT2D eigenvalue weighted by atomic mass is 10.0. The van der Waals surface area contributed by atoms with Crippen LogP contribution in [0.15, 0.2) is 47.4 Å². The van der Waals surface area contributed by atoms with E-state index in [2.05, 4.69) is 4.98 Å². The Morgan fingerprint density at radius 2 is 1.85 bits per heavy atom. The van der Waals surface area contributed by atoms with Crippen molar-refractivity contribution in [3.63, 3.8) is 0 Å². The number of benzene rings is 2. The molecule has 0 spiro atoms. The van der Waals surface area contributed by atoms with E-state index in [1.54, 1.807) is 42.2 Å². The number of hydrogen-bond donors (Lipinski definition) is 0. The third-order valence-corrected chi connectivity index (χ3v) is 9.08. The van der Waals surface area contributed by atoms with Crippen LogP contribution in [0.5, 0.6) is 0 Å². The normalized spacial score (nSPS) is 13.9. The van der Waals surface area contributed by atoms with Gasteiger partial charge in [0, 0.05) is 30.9 Å². The van der Waals surface area contributed by atoms with Gasteiger partial charge in [0.05, 0.1) is 10.6 Å². The van der Waals surface area contributed by atoms with Crippen molar-refractivity contribution in [3.05, 3.63) is 64.4 Å². The minimum Gasteiger partial charge on any atom is -0.307 e. The summed E-state index contributed by atoms with van der Waals surface area (Å²) in [5.74, 6) is -0.478. The van der Waals surface area contributed by atoms with Gasteiger partial charge >= 0.3 is 0 Å². The third kappa shape index (κ3) is 4.45. The molecule has 2 aromatic carbocycles. The topological polar surface area (TPSA) is 70.6 Å². The van der Waals surface area contributed by atoms with Gasteiger partial charge < -0.3 is 4.90 Å². The van der Waals surface area contributed by atoms with E-state index in [0.29, 0.717) is 41.6 Å². The zero-order valence-electron chi connectivity index (χ0n) is 18.8. The molecule has 0 bridgehead atoms. The van der Waals surface area contributed by atoms with E-state index in [-0.39, 0.29) is 16.6 Å². The molecule has 0 fully saturated rings. The predicted molar refractivity (Wildman–Crippen MR) is 129 cm³/mol. The van der Waals surface area contributed by atoms with Crippen molar-refractivity contribution in [2.45, 2.75) is 38.5 Å². The van der Waals surface area contributed by atoms with Crippen LogP contribution in [0.25, 0.3) is 10.6 Å². The molecule has 0 atom stereocenters. The van der Waals surface area contributed by atoms with Crippen LogP contribution in [0.1, 0.15) is 41.2 Å². The smallest absolute Gasteiger partial charge is 0.270 e. The molecule has 9 heteroatoms. The van der Waals surface area contributed by atoms with E-state index in [0.717, 1.165) is 23.2 Å². The Labute approximate surface area is 197 Å². The van der Waals surface area contributed by atoms with E-state index in [9.17, 15) is 17.6 Å². The van der Waals surface area contributed by atoms with Crippen LogP contribution in [0.2, 0.25) is 0 Å². The van der Waals surface area contributed by atoms with E-state index in [4.69, 9.17) is 0 Å². The highest BCUT2D eigenvalue weighted by molar-refractivity contribution is 7.89. The molecule has 0 radical (unpaired) electrons. The SMILES string of the molecule is CCN(CC)S(=O)(=O)c1ccc2c(c1)CCCN2C(=O)c1sc(-c2ccc(F)cc2)nc1C. The number of carbonyl (C=O) groups is 1. The molecular formula is C24H26FN3O3S2. The molecule has 0 aliphatic carbocycles. The monoisotopic (exact) mass is 487 g/mol. The number of thiazole rings is 1. The van der Waals surface area contributed by atoms with Gasteiger partial charge in [-0.15, -0.1) is 11.3 Å². The molecule has 1 aromatic heterocycles. The average molecular weight is 488 g/mol. The maximum Gasteiger partial charge on any atom is 0.270 e. The van der Waals surface area contributed by atoms with Gasteiger partial charge in [0.25, 0.3) is 5.91 Å². The van der Waals surface area contributed by atoms with Gasteiger partial charge in [-0.25, -0.2) is 17.8 Å². The number of nitrogens with zero attached hydrogens (tertiary/aromatic N) is 3. The van der Waals surface area contributed by atoms with Crippen molar-refractivity contribution in [2.24, 2.45) is 0 Å². The first kappa shape index (κ1) is 23.5. The van der Waals surface area contributed by atoms with Crippen molar-refractivity contribution >= 4 is 33.0 Å². The Hall–Kier alpha value is -2.62. The summed E-state index contributed by atoms with van der Waals surface area (Å²) < 4.78 is 40.6. The van der Waals surface area contributed by atoms with Gasteiger partial charge in [0.2, 0.25) is 10.0 Å². The van der Waals surface area contributed by atoms with Crippen LogP contribution >= 0.6 is 11.3 Å². The van der Waals surface area contributed by atoms with E-state index in [1.165, 1.54) is 27.8 Å². The number of fused-ring (bicyclic) bond motifs is 1. The fourth-order valence-electron chi connectivity index (χ4n) is 4.09. The second-order valence-electron chi connectivity index (χ2n) is 7.88. The largest absolute Gasteiger partial charge is 0.307 e. The summed E-state index contributed by atoms with van der Waals surface area (Å²) in [5, 5.41) is 0.661. The Bertz CT molecular complexity index is 1280. The van der Waals surface area contributed by atoms with Crippen LogP contribution < -0.4 is 4.90 Å². The molecule has 0 unspecified atom stereocenters. The maximum absolute atomic E-state index is 13.5. The quantitative estimate of drug-likeness (QED) is 0.497. The number of aryl methyl sites for hydroxylation is 2. The summed E-state index contributed by atoms with van der Waals surface area (Å²) in [6.07, 6.45) is 1.46. The molecule has 3 aromatic rings. The summed E-state index contributed by atoms with van der Waals surface area (Å²) >= 11 is 1.28. The van der Waals surface area contributed by atoms with Gasteiger partial charge in [-0.1, -0.05) is 13.8 Å².